The van der Waals surface area contributed by atoms with Crippen LogP contribution < -0.4 is 0 Å². The van der Waals surface area contributed by atoms with E-state index >= 15 is 0 Å². The number of hydrogen-bond donors (Lipinski definition) is 4. The van der Waals surface area contributed by atoms with Gasteiger partial charge in [-0.25, -0.2) is 0 Å². The second kappa shape index (κ2) is 4.69. The molecule has 0 bridgehead atoms. The minimum Gasteiger partial charge on any atom is -0.481 e. The number of rotatable bonds is 4. The summed E-state index contributed by atoms with van der Waals surface area (Å²) in [5, 5.41) is 37.3. The normalized spacial score (nSPS) is 43.5. The maximum atomic E-state index is 11.6. The summed E-state index contributed by atoms with van der Waals surface area (Å²) in [6.07, 6.45) is -0.292. The smallest absolute Gasteiger partial charge is 0.310 e. The first kappa shape index (κ1) is 16.3. The molecule has 0 spiro atoms. The first-order valence-corrected chi connectivity index (χ1v) is 6.89. The van der Waals surface area contributed by atoms with E-state index in [0.717, 1.165) is 0 Å². The standard InChI is InChI=1S/C14H18O8/c1-13-4-6(10(17)18)5(9(15)16)3-7(13)14(2,12(21)22)8(13)11(19)20/h5-8H,3-4H2,1-2H3,(H,15,16)(H,17,18)(H,19,20)(H,21,22). The van der Waals surface area contributed by atoms with Crippen LogP contribution in [-0.2, 0) is 19.2 Å². The van der Waals surface area contributed by atoms with Crippen LogP contribution in [0.5, 0.6) is 0 Å². The van der Waals surface area contributed by atoms with E-state index < -0.39 is 58.4 Å². The minimum atomic E-state index is -1.59. The van der Waals surface area contributed by atoms with Crippen molar-refractivity contribution in [1.82, 2.24) is 0 Å². The van der Waals surface area contributed by atoms with E-state index in [1.807, 2.05) is 0 Å². The summed E-state index contributed by atoms with van der Waals surface area (Å²) >= 11 is 0. The molecular weight excluding hydrogens is 296 g/mol. The van der Waals surface area contributed by atoms with E-state index in [9.17, 15) is 39.6 Å². The third-order valence-electron chi connectivity index (χ3n) is 5.76. The average Bonchev–Trinajstić information content (AvgIpc) is 2.35. The summed E-state index contributed by atoms with van der Waals surface area (Å²) in [6, 6.07) is 0. The highest BCUT2D eigenvalue weighted by Crippen LogP contribution is 2.70. The molecule has 2 fully saturated rings. The molecule has 4 N–H and O–H groups in total. The molecular formula is C14H18O8. The number of carbonyl (C=O) groups is 4. The number of hydrogen-bond acceptors (Lipinski definition) is 4. The Hall–Kier alpha value is -2.12. The lowest BCUT2D eigenvalue weighted by atomic mass is 9.34. The van der Waals surface area contributed by atoms with Gasteiger partial charge in [-0.1, -0.05) is 6.92 Å². The molecule has 6 unspecified atom stereocenters. The van der Waals surface area contributed by atoms with Crippen LogP contribution >= 0.6 is 0 Å². The van der Waals surface area contributed by atoms with Gasteiger partial charge in [-0.2, -0.15) is 0 Å². The van der Waals surface area contributed by atoms with E-state index in [1.54, 1.807) is 6.92 Å². The molecule has 2 aliphatic rings. The van der Waals surface area contributed by atoms with Gasteiger partial charge in [0.1, 0.15) is 0 Å². The topological polar surface area (TPSA) is 149 Å². The van der Waals surface area contributed by atoms with Crippen molar-refractivity contribution in [3.05, 3.63) is 0 Å². The van der Waals surface area contributed by atoms with Crippen molar-refractivity contribution in [2.75, 3.05) is 0 Å². The van der Waals surface area contributed by atoms with Gasteiger partial charge in [0.25, 0.3) is 0 Å². The summed E-state index contributed by atoms with van der Waals surface area (Å²) in [7, 11) is 0. The number of carboxylic acids is 4. The van der Waals surface area contributed by atoms with Gasteiger partial charge in [0, 0.05) is 0 Å². The SMILES string of the molecule is CC12CC(C(=O)O)C(C(=O)O)CC1C(C)(C(=O)O)C2C(=O)O. The highest BCUT2D eigenvalue weighted by molar-refractivity contribution is 5.88. The van der Waals surface area contributed by atoms with Crippen molar-refractivity contribution in [3.63, 3.8) is 0 Å². The first-order chi connectivity index (χ1) is 9.97. The Morgan fingerprint density at radius 2 is 1.36 bits per heavy atom. The zero-order valence-corrected chi connectivity index (χ0v) is 12.1. The molecule has 0 aliphatic heterocycles. The van der Waals surface area contributed by atoms with Gasteiger partial charge < -0.3 is 20.4 Å². The quantitative estimate of drug-likeness (QED) is 0.589. The minimum absolute atomic E-state index is 0.143. The van der Waals surface area contributed by atoms with Crippen molar-refractivity contribution in [2.45, 2.75) is 26.7 Å². The van der Waals surface area contributed by atoms with Crippen LogP contribution in [0.1, 0.15) is 26.7 Å². The van der Waals surface area contributed by atoms with Gasteiger partial charge in [-0.3, -0.25) is 19.2 Å². The largest absolute Gasteiger partial charge is 0.481 e. The maximum absolute atomic E-state index is 11.6. The van der Waals surface area contributed by atoms with Crippen LogP contribution in [0.2, 0.25) is 0 Å². The molecule has 0 aromatic carbocycles. The lowest BCUT2D eigenvalue weighted by molar-refractivity contribution is -0.240. The molecule has 0 amide bonds. The predicted molar refractivity (Wildman–Crippen MR) is 70.0 cm³/mol. The monoisotopic (exact) mass is 314 g/mol. The fraction of sp³-hybridized carbons (Fsp3) is 0.714. The zero-order chi connectivity index (χ0) is 17.0. The fourth-order valence-electron chi connectivity index (χ4n) is 4.83. The third kappa shape index (κ3) is 1.82. The molecule has 0 aromatic heterocycles. The molecule has 6 atom stereocenters. The van der Waals surface area contributed by atoms with Crippen LogP contribution in [0.4, 0.5) is 0 Å². The molecule has 122 valence electrons. The summed E-state index contributed by atoms with van der Waals surface area (Å²) in [5.74, 6) is -9.50. The predicted octanol–water partition coefficient (Wildman–Crippen LogP) is 0.610. The van der Waals surface area contributed by atoms with Gasteiger partial charge in [-0.05, 0) is 31.1 Å². The van der Waals surface area contributed by atoms with E-state index in [4.69, 9.17) is 0 Å². The second-order valence-corrected chi connectivity index (χ2v) is 6.75. The van der Waals surface area contributed by atoms with Crippen LogP contribution in [0.15, 0.2) is 0 Å². The Morgan fingerprint density at radius 1 is 0.864 bits per heavy atom. The van der Waals surface area contributed by atoms with Crippen molar-refractivity contribution in [3.8, 4) is 0 Å². The van der Waals surface area contributed by atoms with Gasteiger partial charge in [0.2, 0.25) is 0 Å². The third-order valence-corrected chi connectivity index (χ3v) is 5.76. The lowest BCUT2D eigenvalue weighted by Crippen LogP contribution is -2.71. The van der Waals surface area contributed by atoms with Crippen LogP contribution in [0.3, 0.4) is 0 Å². The fourth-order valence-corrected chi connectivity index (χ4v) is 4.83. The summed E-state index contributed by atoms with van der Waals surface area (Å²) < 4.78 is 0. The Kier molecular flexibility index (Phi) is 3.46. The number of fused-ring (bicyclic) bond motifs is 1. The molecule has 8 nitrogen and oxygen atoms in total. The van der Waals surface area contributed by atoms with Crippen molar-refractivity contribution in [2.24, 2.45) is 34.5 Å². The Balaban J connectivity index is 2.48. The van der Waals surface area contributed by atoms with Gasteiger partial charge in [0.05, 0.1) is 23.2 Å². The zero-order valence-electron chi connectivity index (χ0n) is 12.1. The van der Waals surface area contributed by atoms with E-state index in [1.165, 1.54) is 6.92 Å². The lowest BCUT2D eigenvalue weighted by Gasteiger charge is -2.66. The molecule has 0 saturated heterocycles. The highest BCUT2D eigenvalue weighted by Gasteiger charge is 2.75. The van der Waals surface area contributed by atoms with Gasteiger partial charge >= 0.3 is 23.9 Å². The van der Waals surface area contributed by atoms with Crippen LogP contribution in [-0.4, -0.2) is 44.3 Å². The summed E-state index contributed by atoms with van der Waals surface area (Å²) in [5.41, 5.74) is -2.62. The van der Waals surface area contributed by atoms with Gasteiger partial charge in [0.15, 0.2) is 0 Å². The molecule has 2 saturated carbocycles. The van der Waals surface area contributed by atoms with Gasteiger partial charge in [-0.15, -0.1) is 0 Å². The number of carboxylic acid groups (broad SMARTS) is 4. The molecule has 2 aliphatic carbocycles. The summed E-state index contributed by atoms with van der Waals surface area (Å²) in [4.78, 5) is 45.8. The molecule has 0 heterocycles. The number of aliphatic carboxylic acids is 4. The maximum Gasteiger partial charge on any atom is 0.310 e. The highest BCUT2D eigenvalue weighted by atomic mass is 16.4. The average molecular weight is 314 g/mol. The van der Waals surface area contributed by atoms with E-state index in [-0.39, 0.29) is 12.8 Å². The molecule has 2 rings (SSSR count). The van der Waals surface area contributed by atoms with E-state index in [2.05, 4.69) is 0 Å². The second-order valence-electron chi connectivity index (χ2n) is 6.75. The van der Waals surface area contributed by atoms with Crippen molar-refractivity contribution < 1.29 is 39.6 Å². The summed E-state index contributed by atoms with van der Waals surface area (Å²) in [6.45, 7) is 2.86. The Labute approximate surface area is 125 Å². The van der Waals surface area contributed by atoms with Crippen molar-refractivity contribution in [1.29, 1.82) is 0 Å². The first-order valence-electron chi connectivity index (χ1n) is 6.89. The molecule has 0 radical (unpaired) electrons. The molecule has 0 aromatic rings. The Bertz CT molecular complexity index is 569. The van der Waals surface area contributed by atoms with Crippen LogP contribution in [0.25, 0.3) is 0 Å². The molecule has 8 heteroatoms. The van der Waals surface area contributed by atoms with Crippen molar-refractivity contribution >= 4 is 23.9 Å². The van der Waals surface area contributed by atoms with E-state index in [0.29, 0.717) is 0 Å². The Morgan fingerprint density at radius 3 is 1.73 bits per heavy atom. The van der Waals surface area contributed by atoms with Crippen LogP contribution in [0, 0.1) is 34.5 Å². The molecule has 22 heavy (non-hydrogen) atoms.